The lowest BCUT2D eigenvalue weighted by atomic mass is 9.82. The number of halogens is 1. The molecule has 0 aliphatic carbocycles. The van der Waals surface area contributed by atoms with Gasteiger partial charge < -0.3 is 15.4 Å². The minimum Gasteiger partial charge on any atom is -0.509 e. The maximum Gasteiger partial charge on any atom is 0.252 e. The molecule has 0 radical (unpaired) electrons. The topological polar surface area (TPSA) is 65.1 Å². The van der Waals surface area contributed by atoms with Crippen LogP contribution >= 0.6 is 0 Å². The third-order valence-corrected chi connectivity index (χ3v) is 6.29. The number of benzene rings is 2. The molecule has 1 amide bonds. The van der Waals surface area contributed by atoms with E-state index >= 15 is 0 Å². The number of aryl methyl sites for hydroxylation is 1. The van der Waals surface area contributed by atoms with Crippen molar-refractivity contribution < 1.29 is 14.3 Å². The molecule has 2 atom stereocenters. The zero-order valence-corrected chi connectivity index (χ0v) is 17.0. The summed E-state index contributed by atoms with van der Waals surface area (Å²) in [6, 6.07) is 14.2. The molecule has 1 unspecified atom stereocenters. The summed E-state index contributed by atoms with van der Waals surface area (Å²) in [5.74, 6) is -1.01. The maximum atomic E-state index is 13.8. The Morgan fingerprint density at radius 1 is 1.10 bits per heavy atom. The Hall–Kier alpha value is -3.08. The first-order chi connectivity index (χ1) is 13.7. The van der Waals surface area contributed by atoms with Crippen LogP contribution in [-0.4, -0.2) is 21.5 Å². The molecule has 0 bridgehead atoms. The molecule has 1 aliphatic heterocycles. The number of aliphatic hydroxyl groups excluding tert-OH is 1. The first-order valence-electron chi connectivity index (χ1n) is 9.82. The van der Waals surface area contributed by atoms with Crippen molar-refractivity contribution in [3.05, 3.63) is 82.5 Å². The van der Waals surface area contributed by atoms with Gasteiger partial charge in [0.1, 0.15) is 11.6 Å². The highest BCUT2D eigenvalue weighted by molar-refractivity contribution is 6.00. The second-order valence-electron chi connectivity index (χ2n) is 8.27. The lowest BCUT2D eigenvalue weighted by Gasteiger charge is -2.29. The summed E-state index contributed by atoms with van der Waals surface area (Å²) in [5.41, 5.74) is 2.83. The van der Waals surface area contributed by atoms with E-state index in [4.69, 9.17) is 0 Å². The van der Waals surface area contributed by atoms with Gasteiger partial charge in [-0.05, 0) is 49.1 Å². The Morgan fingerprint density at radius 2 is 1.79 bits per heavy atom. The van der Waals surface area contributed by atoms with Crippen LogP contribution in [0.3, 0.4) is 0 Å². The van der Waals surface area contributed by atoms with E-state index < -0.39 is 11.5 Å². The van der Waals surface area contributed by atoms with Crippen molar-refractivity contribution in [1.29, 1.82) is 0 Å². The van der Waals surface area contributed by atoms with Crippen molar-refractivity contribution in [2.45, 2.75) is 39.2 Å². The van der Waals surface area contributed by atoms with Crippen molar-refractivity contribution >= 4 is 16.8 Å². The Bertz CT molecular complexity index is 1130. The molecule has 4 rings (SSSR count). The van der Waals surface area contributed by atoms with Gasteiger partial charge in [0.25, 0.3) is 5.91 Å². The number of amides is 1. The van der Waals surface area contributed by atoms with Crippen molar-refractivity contribution in [3.8, 4) is 0 Å². The van der Waals surface area contributed by atoms with Gasteiger partial charge in [-0.3, -0.25) is 4.79 Å². The predicted octanol–water partition coefficient (Wildman–Crippen LogP) is 5.10. The average Bonchev–Trinajstić information content (AvgIpc) is 3.13. The first-order valence-corrected chi connectivity index (χ1v) is 9.82. The fourth-order valence-electron chi connectivity index (χ4n) is 4.17. The summed E-state index contributed by atoms with van der Waals surface area (Å²) in [6.45, 7) is 7.69. The molecule has 1 aliphatic rings. The van der Waals surface area contributed by atoms with Gasteiger partial charge in [-0.2, -0.15) is 0 Å². The quantitative estimate of drug-likeness (QED) is 0.578. The molecule has 29 heavy (non-hydrogen) atoms. The number of aromatic nitrogens is 1. The van der Waals surface area contributed by atoms with Crippen LogP contribution in [0.5, 0.6) is 0 Å². The van der Waals surface area contributed by atoms with Gasteiger partial charge in [0.2, 0.25) is 0 Å². The van der Waals surface area contributed by atoms with Crippen molar-refractivity contribution in [3.63, 3.8) is 0 Å². The lowest BCUT2D eigenvalue weighted by Crippen LogP contribution is -2.46. The van der Waals surface area contributed by atoms with Crippen LogP contribution in [0.15, 0.2) is 59.9 Å². The number of carbonyl (C=O) groups excluding carboxylic acids is 1. The summed E-state index contributed by atoms with van der Waals surface area (Å²) in [7, 11) is 0. The number of nitrogens with one attached hydrogen (secondary N) is 2. The second kappa shape index (κ2) is 6.76. The maximum absolute atomic E-state index is 13.8. The number of carbonyl (C=O) groups is 1. The molecule has 3 aromatic rings. The highest BCUT2D eigenvalue weighted by Gasteiger charge is 2.47. The van der Waals surface area contributed by atoms with Gasteiger partial charge in [0.15, 0.2) is 0 Å². The van der Waals surface area contributed by atoms with Crippen molar-refractivity contribution in [1.82, 2.24) is 10.3 Å². The summed E-state index contributed by atoms with van der Waals surface area (Å²) < 4.78 is 13.8. The molecule has 0 saturated heterocycles. The SMILES string of the molecule is Cc1c(C(C2=C(O)[C@@](C)(C(C)C)NC2=O)c2ccccc2)[nH]c2ccc(F)cc12. The first kappa shape index (κ1) is 19.2. The van der Waals surface area contributed by atoms with Gasteiger partial charge >= 0.3 is 0 Å². The fraction of sp³-hybridized carbons (Fsp3) is 0.292. The minimum atomic E-state index is -0.828. The van der Waals surface area contributed by atoms with Crippen LogP contribution in [0.4, 0.5) is 4.39 Å². The fourth-order valence-corrected chi connectivity index (χ4v) is 4.17. The molecule has 1 aromatic heterocycles. The molecule has 5 heteroatoms. The van der Waals surface area contributed by atoms with Gasteiger partial charge in [-0.1, -0.05) is 44.2 Å². The average molecular weight is 392 g/mol. The number of fused-ring (bicyclic) bond motifs is 1. The van der Waals surface area contributed by atoms with E-state index in [0.29, 0.717) is 5.57 Å². The number of hydrogen-bond donors (Lipinski definition) is 3. The Balaban J connectivity index is 2.00. The molecule has 3 N–H and O–H groups in total. The number of hydrogen-bond acceptors (Lipinski definition) is 2. The van der Waals surface area contributed by atoms with E-state index in [-0.39, 0.29) is 23.4 Å². The standard InChI is InChI=1S/C24H25FN2O2/c1-13(2)24(4)22(28)20(23(29)27-24)19(15-8-6-5-7-9-15)21-14(3)17-12-16(25)10-11-18(17)26-21/h5-13,19,26,28H,1-4H3,(H,27,29)/t19?,24-/m1/s1. The molecule has 2 aromatic carbocycles. The van der Waals surface area contributed by atoms with E-state index in [9.17, 15) is 14.3 Å². The molecular weight excluding hydrogens is 367 g/mol. The summed E-state index contributed by atoms with van der Waals surface area (Å²) >= 11 is 0. The number of H-pyrrole nitrogens is 1. The zero-order valence-electron chi connectivity index (χ0n) is 17.0. The van der Waals surface area contributed by atoms with E-state index in [0.717, 1.165) is 27.7 Å². The summed E-state index contributed by atoms with van der Waals surface area (Å²) in [5, 5.41) is 14.9. The number of rotatable bonds is 4. The Labute approximate surface area is 169 Å². The largest absolute Gasteiger partial charge is 0.509 e. The molecule has 0 fully saturated rings. The molecule has 4 nitrogen and oxygen atoms in total. The number of aromatic amines is 1. The van der Waals surface area contributed by atoms with Gasteiger partial charge in [-0.15, -0.1) is 0 Å². The molecule has 2 heterocycles. The van der Waals surface area contributed by atoms with E-state index in [1.165, 1.54) is 12.1 Å². The Morgan fingerprint density at radius 3 is 2.41 bits per heavy atom. The van der Waals surface area contributed by atoms with Gasteiger partial charge in [0, 0.05) is 16.6 Å². The minimum absolute atomic E-state index is 0.0123. The van der Waals surface area contributed by atoms with Crippen LogP contribution in [0.2, 0.25) is 0 Å². The van der Waals surface area contributed by atoms with Crippen LogP contribution in [-0.2, 0) is 4.79 Å². The Kier molecular flexibility index (Phi) is 4.49. The smallest absolute Gasteiger partial charge is 0.252 e. The summed E-state index contributed by atoms with van der Waals surface area (Å²) in [6.07, 6.45) is 0. The highest BCUT2D eigenvalue weighted by atomic mass is 19.1. The van der Waals surface area contributed by atoms with E-state index in [2.05, 4.69) is 10.3 Å². The molecule has 0 saturated carbocycles. The molecule has 0 spiro atoms. The van der Waals surface area contributed by atoms with Gasteiger partial charge in [0.05, 0.1) is 17.0 Å². The third kappa shape index (κ3) is 2.92. The van der Waals surface area contributed by atoms with Crippen LogP contribution in [0, 0.1) is 18.7 Å². The second-order valence-corrected chi connectivity index (χ2v) is 8.27. The van der Waals surface area contributed by atoms with Crippen LogP contribution in [0.1, 0.15) is 43.5 Å². The van der Waals surface area contributed by atoms with Crippen molar-refractivity contribution in [2.75, 3.05) is 0 Å². The zero-order chi connectivity index (χ0) is 20.9. The predicted molar refractivity (Wildman–Crippen MR) is 112 cm³/mol. The van der Waals surface area contributed by atoms with E-state index in [1.807, 2.05) is 58.0 Å². The third-order valence-electron chi connectivity index (χ3n) is 6.29. The normalized spacial score (nSPS) is 20.6. The molecular formula is C24H25FN2O2. The monoisotopic (exact) mass is 392 g/mol. The van der Waals surface area contributed by atoms with Crippen LogP contribution in [0.25, 0.3) is 10.9 Å². The van der Waals surface area contributed by atoms with Crippen molar-refractivity contribution in [2.24, 2.45) is 5.92 Å². The highest BCUT2D eigenvalue weighted by Crippen LogP contribution is 2.43. The van der Waals surface area contributed by atoms with Gasteiger partial charge in [-0.25, -0.2) is 4.39 Å². The molecule has 150 valence electrons. The van der Waals surface area contributed by atoms with E-state index in [1.54, 1.807) is 6.07 Å². The summed E-state index contributed by atoms with van der Waals surface area (Å²) in [4.78, 5) is 16.4. The van der Waals surface area contributed by atoms with Crippen LogP contribution < -0.4 is 5.32 Å². The number of aliphatic hydroxyl groups is 1. The lowest BCUT2D eigenvalue weighted by molar-refractivity contribution is -0.118.